The maximum absolute atomic E-state index is 10.2. The molecule has 124 valence electrons. The van der Waals surface area contributed by atoms with Crippen LogP contribution in [0.5, 0.6) is 17.2 Å². The summed E-state index contributed by atoms with van der Waals surface area (Å²) in [5.41, 5.74) is 3.10. The second-order valence-electron chi connectivity index (χ2n) is 5.13. The fraction of sp³-hybridized carbons (Fsp3) is 0.167. The Morgan fingerprint density at radius 1 is 1.00 bits per heavy atom. The monoisotopic (exact) mass is 326 g/mol. The highest BCUT2D eigenvalue weighted by molar-refractivity contribution is 5.72. The lowest BCUT2D eigenvalue weighted by Crippen LogP contribution is -1.98. The van der Waals surface area contributed by atoms with Crippen LogP contribution in [0.2, 0.25) is 0 Å². The smallest absolute Gasteiger partial charge is 0.188 e. The third-order valence-electron chi connectivity index (χ3n) is 3.57. The molecule has 2 N–H and O–H groups in total. The number of aromatic amines is 1. The molecule has 0 aliphatic rings. The maximum atomic E-state index is 10.2. The molecular formula is C18H18N2O4. The summed E-state index contributed by atoms with van der Waals surface area (Å²) in [6.07, 6.45) is 0. The highest BCUT2D eigenvalue weighted by atomic mass is 16.7. The number of phenolic OH excluding ortho intramolecular Hbond substituents is 1. The molecule has 0 unspecified atom stereocenters. The normalized spacial score (nSPS) is 10.6. The summed E-state index contributed by atoms with van der Waals surface area (Å²) in [7, 11) is 3.17. The standard InChI is InChI=1S/C18H18N2O4/c1-22-11-24-14-7-8-15(18(21)9-14)17-10-16(19-20-17)12-3-5-13(23-2)6-4-12/h3-10,21H,11H2,1-2H3,(H,19,20). The Hall–Kier alpha value is -2.99. The van der Waals surface area contributed by atoms with Crippen LogP contribution in [0.25, 0.3) is 22.5 Å². The van der Waals surface area contributed by atoms with Crippen LogP contribution in [0.3, 0.4) is 0 Å². The number of hydrogen-bond donors (Lipinski definition) is 2. The third-order valence-corrected chi connectivity index (χ3v) is 3.57. The van der Waals surface area contributed by atoms with Crippen molar-refractivity contribution in [3.8, 4) is 39.8 Å². The lowest BCUT2D eigenvalue weighted by atomic mass is 10.1. The second-order valence-corrected chi connectivity index (χ2v) is 5.13. The topological polar surface area (TPSA) is 76.6 Å². The Morgan fingerprint density at radius 3 is 2.42 bits per heavy atom. The van der Waals surface area contributed by atoms with Gasteiger partial charge >= 0.3 is 0 Å². The first-order valence-corrected chi connectivity index (χ1v) is 7.36. The van der Waals surface area contributed by atoms with Gasteiger partial charge in [-0.3, -0.25) is 5.10 Å². The SMILES string of the molecule is COCOc1ccc(-c2cc(-c3ccc(OC)cc3)n[nH]2)c(O)c1. The molecule has 0 bridgehead atoms. The molecule has 6 nitrogen and oxygen atoms in total. The molecule has 0 fully saturated rings. The number of rotatable bonds is 6. The van der Waals surface area contributed by atoms with Gasteiger partial charge in [0.15, 0.2) is 6.79 Å². The third kappa shape index (κ3) is 3.33. The van der Waals surface area contributed by atoms with E-state index in [9.17, 15) is 5.11 Å². The van der Waals surface area contributed by atoms with Gasteiger partial charge in [-0.1, -0.05) is 0 Å². The molecule has 1 aromatic heterocycles. The van der Waals surface area contributed by atoms with E-state index < -0.39 is 0 Å². The number of nitrogens with zero attached hydrogens (tertiary/aromatic N) is 1. The van der Waals surface area contributed by atoms with Crippen molar-refractivity contribution in [2.45, 2.75) is 0 Å². The summed E-state index contributed by atoms with van der Waals surface area (Å²) in [6, 6.07) is 14.6. The van der Waals surface area contributed by atoms with Crippen LogP contribution >= 0.6 is 0 Å². The minimum Gasteiger partial charge on any atom is -0.507 e. The van der Waals surface area contributed by atoms with E-state index in [4.69, 9.17) is 14.2 Å². The van der Waals surface area contributed by atoms with Gasteiger partial charge in [-0.05, 0) is 42.5 Å². The molecule has 0 aliphatic carbocycles. The number of nitrogens with one attached hydrogen (secondary N) is 1. The number of ether oxygens (including phenoxy) is 3. The van der Waals surface area contributed by atoms with E-state index in [1.807, 2.05) is 30.3 Å². The Morgan fingerprint density at radius 2 is 1.75 bits per heavy atom. The van der Waals surface area contributed by atoms with Crippen molar-refractivity contribution in [2.24, 2.45) is 0 Å². The number of hydrogen-bond acceptors (Lipinski definition) is 5. The maximum Gasteiger partial charge on any atom is 0.188 e. The number of benzene rings is 2. The Bertz CT molecular complexity index is 812. The molecule has 0 radical (unpaired) electrons. The van der Waals surface area contributed by atoms with E-state index in [0.29, 0.717) is 11.3 Å². The molecule has 0 saturated carbocycles. The van der Waals surface area contributed by atoms with Gasteiger partial charge in [0, 0.05) is 24.3 Å². The summed E-state index contributed by atoms with van der Waals surface area (Å²) >= 11 is 0. The van der Waals surface area contributed by atoms with Crippen molar-refractivity contribution in [3.63, 3.8) is 0 Å². The lowest BCUT2D eigenvalue weighted by molar-refractivity contribution is 0.0510. The highest BCUT2D eigenvalue weighted by Crippen LogP contribution is 2.33. The fourth-order valence-electron chi connectivity index (χ4n) is 2.33. The Balaban J connectivity index is 1.84. The number of methoxy groups -OCH3 is 2. The number of H-pyrrole nitrogens is 1. The van der Waals surface area contributed by atoms with Gasteiger partial charge in [-0.2, -0.15) is 5.10 Å². The zero-order chi connectivity index (χ0) is 16.9. The molecule has 0 saturated heterocycles. The van der Waals surface area contributed by atoms with Crippen LogP contribution in [0.1, 0.15) is 0 Å². The lowest BCUT2D eigenvalue weighted by Gasteiger charge is -2.07. The van der Waals surface area contributed by atoms with Crippen molar-refractivity contribution < 1.29 is 19.3 Å². The van der Waals surface area contributed by atoms with Crippen LogP contribution in [-0.4, -0.2) is 36.3 Å². The summed E-state index contributed by atoms with van der Waals surface area (Å²) in [4.78, 5) is 0. The highest BCUT2D eigenvalue weighted by Gasteiger charge is 2.11. The fourth-order valence-corrected chi connectivity index (χ4v) is 2.33. The zero-order valence-electron chi connectivity index (χ0n) is 13.4. The van der Waals surface area contributed by atoms with E-state index in [2.05, 4.69) is 10.2 Å². The molecular weight excluding hydrogens is 308 g/mol. The van der Waals surface area contributed by atoms with Crippen LogP contribution in [0.15, 0.2) is 48.5 Å². The number of aromatic hydroxyl groups is 1. The predicted molar refractivity (Wildman–Crippen MR) is 90.2 cm³/mol. The minimum atomic E-state index is 0.105. The molecule has 2 aromatic carbocycles. The molecule has 24 heavy (non-hydrogen) atoms. The van der Waals surface area contributed by atoms with Gasteiger partial charge in [0.05, 0.1) is 18.5 Å². The summed E-state index contributed by atoms with van der Waals surface area (Å²) in [6.45, 7) is 0.129. The largest absolute Gasteiger partial charge is 0.507 e. The average Bonchev–Trinajstić information content (AvgIpc) is 3.10. The molecule has 6 heteroatoms. The zero-order valence-corrected chi connectivity index (χ0v) is 13.4. The van der Waals surface area contributed by atoms with E-state index >= 15 is 0 Å². The Kier molecular flexibility index (Phi) is 4.67. The van der Waals surface area contributed by atoms with Crippen LogP contribution in [0, 0.1) is 0 Å². The van der Waals surface area contributed by atoms with E-state index in [-0.39, 0.29) is 12.5 Å². The molecule has 3 rings (SSSR count). The van der Waals surface area contributed by atoms with Crippen molar-refractivity contribution in [2.75, 3.05) is 21.0 Å². The first-order chi connectivity index (χ1) is 11.7. The molecule has 0 aliphatic heterocycles. The molecule has 1 heterocycles. The van der Waals surface area contributed by atoms with Gasteiger partial charge in [0.1, 0.15) is 17.2 Å². The number of phenols is 1. The van der Waals surface area contributed by atoms with Crippen molar-refractivity contribution in [1.82, 2.24) is 10.2 Å². The number of aromatic nitrogens is 2. The van der Waals surface area contributed by atoms with Gasteiger partial charge in [0.25, 0.3) is 0 Å². The average molecular weight is 326 g/mol. The van der Waals surface area contributed by atoms with Gasteiger partial charge in [0.2, 0.25) is 0 Å². The van der Waals surface area contributed by atoms with Gasteiger partial charge in [-0.15, -0.1) is 0 Å². The molecule has 3 aromatic rings. The van der Waals surface area contributed by atoms with Crippen LogP contribution in [-0.2, 0) is 4.74 Å². The Labute approximate surface area is 139 Å². The summed E-state index contributed by atoms with van der Waals surface area (Å²) in [5, 5.41) is 17.5. The van der Waals surface area contributed by atoms with E-state index in [1.54, 1.807) is 32.4 Å². The van der Waals surface area contributed by atoms with Gasteiger partial charge < -0.3 is 19.3 Å². The van der Waals surface area contributed by atoms with Crippen molar-refractivity contribution >= 4 is 0 Å². The first-order valence-electron chi connectivity index (χ1n) is 7.36. The summed E-state index contributed by atoms with van der Waals surface area (Å²) < 4.78 is 15.3. The van der Waals surface area contributed by atoms with Crippen molar-refractivity contribution in [3.05, 3.63) is 48.5 Å². The predicted octanol–water partition coefficient (Wildman–Crippen LogP) is 3.44. The quantitative estimate of drug-likeness (QED) is 0.679. The van der Waals surface area contributed by atoms with Gasteiger partial charge in [-0.25, -0.2) is 0 Å². The molecule has 0 amide bonds. The van der Waals surface area contributed by atoms with Crippen molar-refractivity contribution in [1.29, 1.82) is 0 Å². The summed E-state index contributed by atoms with van der Waals surface area (Å²) in [5.74, 6) is 1.43. The minimum absolute atomic E-state index is 0.105. The van der Waals surface area contributed by atoms with E-state index in [1.165, 1.54) is 0 Å². The van der Waals surface area contributed by atoms with E-state index in [0.717, 1.165) is 22.7 Å². The second kappa shape index (κ2) is 7.06. The van der Waals surface area contributed by atoms with Crippen LogP contribution < -0.4 is 9.47 Å². The first kappa shape index (κ1) is 15.9. The van der Waals surface area contributed by atoms with Crippen LogP contribution in [0.4, 0.5) is 0 Å². The molecule has 0 spiro atoms. The molecule has 0 atom stereocenters.